The Kier molecular flexibility index (Phi) is 6.39. The lowest BCUT2D eigenvalue weighted by Gasteiger charge is -2.33. The van der Waals surface area contributed by atoms with Gasteiger partial charge in [0.1, 0.15) is 0 Å². The molecule has 0 atom stereocenters. The van der Waals surface area contributed by atoms with Crippen LogP contribution in [0.5, 0.6) is 0 Å². The third-order valence-electron chi connectivity index (χ3n) is 4.88. The summed E-state index contributed by atoms with van der Waals surface area (Å²) in [7, 11) is 0. The maximum absolute atomic E-state index is 12.0. The molecule has 0 aliphatic carbocycles. The van der Waals surface area contributed by atoms with Gasteiger partial charge >= 0.3 is 0 Å². The number of carbonyl (C=O) groups excluding carboxylic acids is 1. The van der Waals surface area contributed by atoms with Crippen molar-refractivity contribution in [3.63, 3.8) is 0 Å². The molecule has 1 aliphatic heterocycles. The second-order valence-corrected chi connectivity index (χ2v) is 6.72. The molecule has 0 saturated carbocycles. The van der Waals surface area contributed by atoms with Crippen LogP contribution in [0.4, 0.5) is 5.69 Å². The topological polar surface area (TPSA) is 49.1 Å². The predicted octanol–water partition coefficient (Wildman–Crippen LogP) is 1.24. The van der Waals surface area contributed by atoms with Crippen molar-refractivity contribution in [2.75, 3.05) is 37.6 Å². The number of aryl methyl sites for hydroxylation is 1. The largest absolute Gasteiger partial charge is 0.360 e. The molecule has 1 amide bonds. The van der Waals surface area contributed by atoms with Gasteiger partial charge in [0.15, 0.2) is 0 Å². The Bertz CT molecular complexity index is 737. The van der Waals surface area contributed by atoms with E-state index in [4.69, 9.17) is 0 Å². The van der Waals surface area contributed by atoms with Gasteiger partial charge in [-0.2, -0.15) is 5.10 Å². The van der Waals surface area contributed by atoms with E-state index in [1.165, 1.54) is 10.6 Å². The lowest BCUT2D eigenvalue weighted by atomic mass is 10.1. The van der Waals surface area contributed by atoms with Gasteiger partial charge in [0.25, 0.3) is 0 Å². The van der Waals surface area contributed by atoms with Crippen molar-refractivity contribution in [1.29, 1.82) is 0 Å². The van der Waals surface area contributed by atoms with Crippen molar-refractivity contribution in [2.24, 2.45) is 5.10 Å². The fraction of sp³-hybridized carbons (Fsp3) is 0.333. The second-order valence-electron chi connectivity index (χ2n) is 6.72. The fourth-order valence-electron chi connectivity index (χ4n) is 3.22. The smallest absolute Gasteiger partial charge is 0.245 e. The number of rotatable bonds is 6. The van der Waals surface area contributed by atoms with Crippen LogP contribution in [-0.4, -0.2) is 44.8 Å². The fourth-order valence-corrected chi connectivity index (χ4v) is 3.22. The number of piperazine rings is 1. The average Bonchev–Trinajstić information content (AvgIpc) is 2.69. The number of hydrogen-bond donors (Lipinski definition) is 2. The molecule has 1 fully saturated rings. The van der Waals surface area contributed by atoms with E-state index in [0.717, 1.165) is 43.9 Å². The summed E-state index contributed by atoms with van der Waals surface area (Å²) in [5, 5.41) is 4.08. The molecule has 136 valence electrons. The van der Waals surface area contributed by atoms with E-state index in [0.29, 0.717) is 6.42 Å². The minimum absolute atomic E-state index is 0.0205. The first kappa shape index (κ1) is 18.1. The van der Waals surface area contributed by atoms with Gasteiger partial charge in [0, 0.05) is 5.69 Å². The van der Waals surface area contributed by atoms with Gasteiger partial charge in [0.05, 0.1) is 45.4 Å². The first-order valence-corrected chi connectivity index (χ1v) is 9.23. The standard InChI is InChI=1S/C21H26N4O/c1-18-7-5-6-8-19(18)17-22-23-21(26)11-12-24-13-15-25(16-14-24)20-9-3-2-4-10-20/h2-10,17H,11-16H2,1H3,(H,23,26)/p+1. The molecule has 5 heteroatoms. The van der Waals surface area contributed by atoms with E-state index in [1.54, 1.807) is 6.21 Å². The third kappa shape index (κ3) is 5.17. The lowest BCUT2D eigenvalue weighted by Crippen LogP contribution is -3.15. The first-order valence-electron chi connectivity index (χ1n) is 9.23. The molecule has 0 spiro atoms. The Morgan fingerprint density at radius 3 is 2.54 bits per heavy atom. The number of quaternary nitrogens is 1. The van der Waals surface area contributed by atoms with Crippen LogP contribution >= 0.6 is 0 Å². The van der Waals surface area contributed by atoms with Gasteiger partial charge in [-0.15, -0.1) is 0 Å². The summed E-state index contributed by atoms with van der Waals surface area (Å²) in [6.07, 6.45) is 2.21. The molecule has 0 bridgehead atoms. The number of para-hydroxylation sites is 1. The number of amides is 1. The monoisotopic (exact) mass is 351 g/mol. The van der Waals surface area contributed by atoms with Crippen molar-refractivity contribution in [3.05, 3.63) is 65.7 Å². The zero-order valence-corrected chi connectivity index (χ0v) is 15.3. The zero-order valence-electron chi connectivity index (χ0n) is 15.3. The van der Waals surface area contributed by atoms with Crippen LogP contribution in [0.1, 0.15) is 17.5 Å². The van der Waals surface area contributed by atoms with Gasteiger partial charge < -0.3 is 9.80 Å². The highest BCUT2D eigenvalue weighted by Gasteiger charge is 2.20. The van der Waals surface area contributed by atoms with Crippen LogP contribution in [0.25, 0.3) is 0 Å². The van der Waals surface area contributed by atoms with Crippen molar-refractivity contribution >= 4 is 17.8 Å². The number of carbonyl (C=O) groups is 1. The maximum Gasteiger partial charge on any atom is 0.245 e. The van der Waals surface area contributed by atoms with E-state index in [1.807, 2.05) is 37.3 Å². The van der Waals surface area contributed by atoms with Crippen LogP contribution in [0, 0.1) is 6.92 Å². The summed E-state index contributed by atoms with van der Waals surface area (Å²) in [6.45, 7) is 7.08. The van der Waals surface area contributed by atoms with Gasteiger partial charge in [-0.25, -0.2) is 5.43 Å². The predicted molar refractivity (Wildman–Crippen MR) is 106 cm³/mol. The summed E-state index contributed by atoms with van der Waals surface area (Å²) in [6, 6.07) is 18.5. The van der Waals surface area contributed by atoms with Crippen LogP contribution < -0.4 is 15.2 Å². The van der Waals surface area contributed by atoms with Crippen LogP contribution in [0.15, 0.2) is 59.7 Å². The van der Waals surface area contributed by atoms with Gasteiger partial charge in [0.2, 0.25) is 5.91 Å². The van der Waals surface area contributed by atoms with E-state index in [-0.39, 0.29) is 5.91 Å². The summed E-state index contributed by atoms with van der Waals surface area (Å²) in [5.74, 6) is -0.0205. The lowest BCUT2D eigenvalue weighted by molar-refractivity contribution is -0.900. The highest BCUT2D eigenvalue weighted by molar-refractivity contribution is 5.83. The van der Waals surface area contributed by atoms with Crippen molar-refractivity contribution in [1.82, 2.24) is 5.43 Å². The van der Waals surface area contributed by atoms with Crippen LogP contribution in [-0.2, 0) is 4.79 Å². The number of hydrazone groups is 1. The molecular weight excluding hydrogens is 324 g/mol. The van der Waals surface area contributed by atoms with E-state index >= 15 is 0 Å². The number of benzene rings is 2. The molecular formula is C21H27N4O+. The van der Waals surface area contributed by atoms with Gasteiger partial charge in [-0.05, 0) is 30.2 Å². The summed E-state index contributed by atoms with van der Waals surface area (Å²) < 4.78 is 0. The minimum atomic E-state index is -0.0205. The SMILES string of the molecule is Cc1ccccc1C=NNC(=O)CC[NH+]1CCN(c2ccccc2)CC1. The zero-order chi connectivity index (χ0) is 18.2. The molecule has 1 heterocycles. The highest BCUT2D eigenvalue weighted by Crippen LogP contribution is 2.12. The highest BCUT2D eigenvalue weighted by atomic mass is 16.2. The molecule has 2 aromatic rings. The maximum atomic E-state index is 12.0. The second kappa shape index (κ2) is 9.15. The number of hydrogen-bond acceptors (Lipinski definition) is 3. The van der Waals surface area contributed by atoms with Gasteiger partial charge in [-0.3, -0.25) is 4.79 Å². The summed E-state index contributed by atoms with van der Waals surface area (Å²) in [5.41, 5.74) is 6.09. The van der Waals surface area contributed by atoms with Crippen molar-refractivity contribution in [2.45, 2.75) is 13.3 Å². The Balaban J connectivity index is 1.37. The van der Waals surface area contributed by atoms with Crippen LogP contribution in [0.3, 0.4) is 0 Å². The average molecular weight is 351 g/mol. The Morgan fingerprint density at radius 1 is 1.12 bits per heavy atom. The Labute approximate surface area is 155 Å². The van der Waals surface area contributed by atoms with Crippen LogP contribution in [0.2, 0.25) is 0 Å². The number of nitrogens with one attached hydrogen (secondary N) is 2. The molecule has 3 rings (SSSR count). The van der Waals surface area contributed by atoms with E-state index in [9.17, 15) is 4.79 Å². The molecule has 1 saturated heterocycles. The molecule has 0 radical (unpaired) electrons. The molecule has 26 heavy (non-hydrogen) atoms. The van der Waals surface area contributed by atoms with Crippen molar-refractivity contribution < 1.29 is 9.69 Å². The molecule has 0 unspecified atom stereocenters. The van der Waals surface area contributed by atoms with E-state index in [2.05, 4.69) is 39.7 Å². The normalized spacial score (nSPS) is 15.3. The molecule has 2 N–H and O–H groups in total. The van der Waals surface area contributed by atoms with Gasteiger partial charge in [-0.1, -0.05) is 42.5 Å². The Morgan fingerprint density at radius 2 is 1.81 bits per heavy atom. The van der Waals surface area contributed by atoms with Crippen molar-refractivity contribution in [3.8, 4) is 0 Å². The molecule has 2 aromatic carbocycles. The minimum Gasteiger partial charge on any atom is -0.360 e. The summed E-state index contributed by atoms with van der Waals surface area (Å²) in [4.78, 5) is 15.9. The summed E-state index contributed by atoms with van der Waals surface area (Å²) >= 11 is 0. The molecule has 5 nitrogen and oxygen atoms in total. The van der Waals surface area contributed by atoms with E-state index < -0.39 is 0 Å². The number of nitrogens with zero attached hydrogens (tertiary/aromatic N) is 2. The molecule has 1 aliphatic rings. The quantitative estimate of drug-likeness (QED) is 0.608. The Hall–Kier alpha value is -2.66. The number of anilines is 1. The molecule has 0 aromatic heterocycles. The first-order chi connectivity index (χ1) is 12.7. The third-order valence-corrected chi connectivity index (χ3v) is 4.88.